The Kier molecular flexibility index (Phi) is 3.29. The van der Waals surface area contributed by atoms with Crippen molar-refractivity contribution in [3.63, 3.8) is 0 Å². The van der Waals surface area contributed by atoms with Gasteiger partial charge in [-0.3, -0.25) is 0 Å². The molecule has 3 nitrogen and oxygen atoms in total. The summed E-state index contributed by atoms with van der Waals surface area (Å²) in [4.78, 5) is 7.20. The standard InChI is InChI=1S/C14H18BrN3/c1-17-13-7-3-2-6-12(13)16-14(17)18-8-4-5-11(9-15)10-18/h2-3,6-7,11H,4-5,8-10H2,1H3. The molecule has 0 saturated carbocycles. The normalized spacial score (nSPS) is 20.6. The zero-order chi connectivity index (χ0) is 12.5. The second-order valence-corrected chi connectivity index (χ2v) is 5.72. The van der Waals surface area contributed by atoms with E-state index in [9.17, 15) is 0 Å². The summed E-state index contributed by atoms with van der Waals surface area (Å²) in [7, 11) is 2.11. The van der Waals surface area contributed by atoms with E-state index in [2.05, 4.69) is 56.7 Å². The van der Waals surface area contributed by atoms with Crippen LogP contribution < -0.4 is 4.90 Å². The Labute approximate surface area is 116 Å². The molecule has 0 N–H and O–H groups in total. The van der Waals surface area contributed by atoms with Crippen LogP contribution in [0.2, 0.25) is 0 Å². The van der Waals surface area contributed by atoms with Crippen molar-refractivity contribution in [3.05, 3.63) is 24.3 Å². The average Bonchev–Trinajstić information content (AvgIpc) is 2.77. The van der Waals surface area contributed by atoms with Crippen LogP contribution in [-0.4, -0.2) is 28.0 Å². The highest BCUT2D eigenvalue weighted by Gasteiger charge is 2.22. The van der Waals surface area contributed by atoms with Crippen molar-refractivity contribution in [2.45, 2.75) is 12.8 Å². The van der Waals surface area contributed by atoms with Gasteiger partial charge in [0.25, 0.3) is 0 Å². The molecule has 1 unspecified atom stereocenters. The van der Waals surface area contributed by atoms with Crippen molar-refractivity contribution in [3.8, 4) is 0 Å². The van der Waals surface area contributed by atoms with E-state index < -0.39 is 0 Å². The van der Waals surface area contributed by atoms with E-state index in [4.69, 9.17) is 4.98 Å². The number of para-hydroxylation sites is 2. The fraction of sp³-hybridized carbons (Fsp3) is 0.500. The average molecular weight is 308 g/mol. The Bertz CT molecular complexity index is 549. The topological polar surface area (TPSA) is 21.1 Å². The lowest BCUT2D eigenvalue weighted by Crippen LogP contribution is -2.37. The van der Waals surface area contributed by atoms with Crippen molar-refractivity contribution in [1.29, 1.82) is 0 Å². The number of alkyl halides is 1. The number of anilines is 1. The van der Waals surface area contributed by atoms with Gasteiger partial charge in [0.05, 0.1) is 11.0 Å². The van der Waals surface area contributed by atoms with E-state index in [1.54, 1.807) is 0 Å². The van der Waals surface area contributed by atoms with Gasteiger partial charge in [0.1, 0.15) is 0 Å². The lowest BCUT2D eigenvalue weighted by atomic mass is 10.0. The van der Waals surface area contributed by atoms with E-state index >= 15 is 0 Å². The molecule has 1 atom stereocenters. The van der Waals surface area contributed by atoms with Crippen molar-refractivity contribution in [2.24, 2.45) is 13.0 Å². The fourth-order valence-corrected chi connectivity index (χ4v) is 3.32. The highest BCUT2D eigenvalue weighted by atomic mass is 79.9. The lowest BCUT2D eigenvalue weighted by Gasteiger charge is -2.32. The Hall–Kier alpha value is -1.03. The number of nitrogens with zero attached hydrogens (tertiary/aromatic N) is 3. The minimum atomic E-state index is 0.749. The van der Waals surface area contributed by atoms with Crippen LogP contribution in [0.25, 0.3) is 11.0 Å². The monoisotopic (exact) mass is 307 g/mol. The lowest BCUT2D eigenvalue weighted by molar-refractivity contribution is 0.448. The molecule has 1 aromatic heterocycles. The molecule has 1 aromatic carbocycles. The fourth-order valence-electron chi connectivity index (χ4n) is 2.79. The third-order valence-corrected chi connectivity index (χ3v) is 4.70. The number of hydrogen-bond acceptors (Lipinski definition) is 2. The number of hydrogen-bond donors (Lipinski definition) is 0. The maximum atomic E-state index is 4.78. The Morgan fingerprint density at radius 1 is 1.39 bits per heavy atom. The van der Waals surface area contributed by atoms with Gasteiger partial charge in [-0.1, -0.05) is 28.1 Å². The molecule has 1 fully saturated rings. The maximum absolute atomic E-state index is 4.78. The zero-order valence-corrected chi connectivity index (χ0v) is 12.2. The maximum Gasteiger partial charge on any atom is 0.206 e. The van der Waals surface area contributed by atoms with E-state index in [-0.39, 0.29) is 0 Å². The summed E-state index contributed by atoms with van der Waals surface area (Å²) in [6, 6.07) is 8.35. The molecule has 18 heavy (non-hydrogen) atoms. The molecule has 0 bridgehead atoms. The predicted molar refractivity (Wildman–Crippen MR) is 79.4 cm³/mol. The number of piperidine rings is 1. The molecule has 4 heteroatoms. The number of halogens is 1. The molecule has 2 heterocycles. The first-order valence-corrected chi connectivity index (χ1v) is 7.64. The van der Waals surface area contributed by atoms with Crippen molar-refractivity contribution in [1.82, 2.24) is 9.55 Å². The van der Waals surface area contributed by atoms with Gasteiger partial charge < -0.3 is 9.47 Å². The third kappa shape index (κ3) is 2.03. The van der Waals surface area contributed by atoms with Crippen LogP contribution in [0.15, 0.2) is 24.3 Å². The van der Waals surface area contributed by atoms with Crippen LogP contribution >= 0.6 is 15.9 Å². The summed E-state index contributed by atoms with van der Waals surface area (Å²) in [6.07, 6.45) is 2.59. The van der Waals surface area contributed by atoms with Crippen LogP contribution in [0.3, 0.4) is 0 Å². The quantitative estimate of drug-likeness (QED) is 0.795. The summed E-state index contributed by atoms with van der Waals surface area (Å²) in [5.41, 5.74) is 2.31. The second kappa shape index (κ2) is 4.92. The smallest absolute Gasteiger partial charge is 0.206 e. The number of rotatable bonds is 2. The highest BCUT2D eigenvalue weighted by molar-refractivity contribution is 9.09. The van der Waals surface area contributed by atoms with Crippen molar-refractivity contribution < 1.29 is 0 Å². The summed E-state index contributed by atoms with van der Waals surface area (Å²) in [5, 5.41) is 1.09. The van der Waals surface area contributed by atoms with Gasteiger partial charge in [0.2, 0.25) is 5.95 Å². The first kappa shape index (κ1) is 12.0. The van der Waals surface area contributed by atoms with Gasteiger partial charge in [-0.2, -0.15) is 0 Å². The number of aryl methyl sites for hydroxylation is 1. The summed E-state index contributed by atoms with van der Waals surface area (Å²) in [6.45, 7) is 2.24. The molecule has 1 aliphatic rings. The van der Waals surface area contributed by atoms with Crippen LogP contribution in [0.1, 0.15) is 12.8 Å². The molecule has 0 aliphatic carbocycles. The van der Waals surface area contributed by atoms with Gasteiger partial charge in [-0.25, -0.2) is 4.98 Å². The Morgan fingerprint density at radius 3 is 3.00 bits per heavy atom. The van der Waals surface area contributed by atoms with Crippen molar-refractivity contribution >= 4 is 32.9 Å². The Balaban J connectivity index is 1.96. The molecule has 0 amide bonds. The van der Waals surface area contributed by atoms with Crippen LogP contribution in [0.4, 0.5) is 5.95 Å². The van der Waals surface area contributed by atoms with Gasteiger partial charge in [0, 0.05) is 25.5 Å². The Morgan fingerprint density at radius 2 is 2.22 bits per heavy atom. The molecule has 96 valence electrons. The van der Waals surface area contributed by atoms with E-state index in [0.29, 0.717) is 0 Å². The van der Waals surface area contributed by atoms with Gasteiger partial charge in [0.15, 0.2) is 0 Å². The van der Waals surface area contributed by atoms with Gasteiger partial charge >= 0.3 is 0 Å². The molecule has 1 aliphatic heterocycles. The number of aromatic nitrogens is 2. The first-order chi connectivity index (χ1) is 8.79. The number of imidazole rings is 1. The number of fused-ring (bicyclic) bond motifs is 1. The van der Waals surface area contributed by atoms with E-state index in [0.717, 1.165) is 35.8 Å². The SMILES string of the molecule is Cn1c(N2CCCC(CBr)C2)nc2ccccc21. The van der Waals surface area contributed by atoms with Crippen LogP contribution in [-0.2, 0) is 7.05 Å². The number of benzene rings is 1. The molecular formula is C14H18BrN3. The molecule has 0 spiro atoms. The highest BCUT2D eigenvalue weighted by Crippen LogP contribution is 2.26. The van der Waals surface area contributed by atoms with Crippen molar-refractivity contribution in [2.75, 3.05) is 23.3 Å². The van der Waals surface area contributed by atoms with Crippen LogP contribution in [0.5, 0.6) is 0 Å². The third-order valence-electron chi connectivity index (χ3n) is 3.78. The zero-order valence-electron chi connectivity index (χ0n) is 10.6. The minimum absolute atomic E-state index is 0.749. The van der Waals surface area contributed by atoms with Gasteiger partial charge in [-0.05, 0) is 30.9 Å². The van der Waals surface area contributed by atoms with E-state index in [1.165, 1.54) is 18.4 Å². The summed E-state index contributed by atoms with van der Waals surface area (Å²) >= 11 is 3.61. The second-order valence-electron chi connectivity index (χ2n) is 5.07. The summed E-state index contributed by atoms with van der Waals surface area (Å²) in [5.74, 6) is 1.86. The molecule has 0 radical (unpaired) electrons. The molecule has 2 aromatic rings. The van der Waals surface area contributed by atoms with Crippen LogP contribution in [0, 0.1) is 5.92 Å². The summed E-state index contributed by atoms with van der Waals surface area (Å²) < 4.78 is 2.21. The van der Waals surface area contributed by atoms with Gasteiger partial charge in [-0.15, -0.1) is 0 Å². The minimum Gasteiger partial charge on any atom is -0.342 e. The molecule has 1 saturated heterocycles. The molecular weight excluding hydrogens is 290 g/mol. The predicted octanol–water partition coefficient (Wildman–Crippen LogP) is 3.18. The molecule has 3 rings (SSSR count). The largest absolute Gasteiger partial charge is 0.342 e. The first-order valence-electron chi connectivity index (χ1n) is 6.52. The van der Waals surface area contributed by atoms with E-state index in [1.807, 2.05) is 0 Å².